The highest BCUT2D eigenvalue weighted by molar-refractivity contribution is 6.33. The van der Waals surface area contributed by atoms with Crippen molar-refractivity contribution in [3.05, 3.63) is 29.0 Å². The van der Waals surface area contributed by atoms with Gasteiger partial charge < -0.3 is 15.5 Å². The first-order chi connectivity index (χ1) is 10.1. The second-order valence-electron chi connectivity index (χ2n) is 4.84. The van der Waals surface area contributed by atoms with Crippen LogP contribution in [0.25, 0.3) is 0 Å². The maximum Gasteiger partial charge on any atom is 0.241 e. The number of nitrogens with zero attached hydrogens (tertiary/aromatic N) is 1. The molecule has 0 saturated carbocycles. The van der Waals surface area contributed by atoms with Crippen molar-refractivity contribution < 1.29 is 14.0 Å². The molecule has 0 atom stereocenters. The summed E-state index contributed by atoms with van der Waals surface area (Å²) in [6.07, 6.45) is 2.04. The smallest absolute Gasteiger partial charge is 0.241 e. The number of hydrogen-bond acceptors (Lipinski definition) is 3. The van der Waals surface area contributed by atoms with Crippen molar-refractivity contribution in [3.8, 4) is 0 Å². The molecule has 2 amide bonds. The summed E-state index contributed by atoms with van der Waals surface area (Å²) in [4.78, 5) is 25.1. The molecule has 1 aromatic rings. The zero-order chi connectivity index (χ0) is 15.2. The fourth-order valence-electron chi connectivity index (χ4n) is 2.12. The van der Waals surface area contributed by atoms with Crippen LogP contribution in [-0.4, -0.2) is 42.9 Å². The lowest BCUT2D eigenvalue weighted by molar-refractivity contribution is -0.131. The van der Waals surface area contributed by atoms with Crippen LogP contribution >= 0.6 is 11.6 Å². The lowest BCUT2D eigenvalue weighted by Crippen LogP contribution is -2.40. The molecule has 1 aromatic carbocycles. The summed E-state index contributed by atoms with van der Waals surface area (Å²) in [5, 5.41) is 5.55. The minimum atomic E-state index is -0.439. The summed E-state index contributed by atoms with van der Waals surface area (Å²) in [7, 11) is 0. The van der Waals surface area contributed by atoms with Crippen LogP contribution in [0.3, 0.4) is 0 Å². The van der Waals surface area contributed by atoms with Crippen molar-refractivity contribution in [1.82, 2.24) is 10.2 Å². The molecule has 1 heterocycles. The molecule has 114 valence electrons. The van der Waals surface area contributed by atoms with Crippen molar-refractivity contribution in [3.63, 3.8) is 0 Å². The van der Waals surface area contributed by atoms with Gasteiger partial charge in [0.25, 0.3) is 0 Å². The van der Waals surface area contributed by atoms with Crippen molar-refractivity contribution in [1.29, 1.82) is 0 Å². The van der Waals surface area contributed by atoms with Crippen LogP contribution in [0, 0.1) is 5.82 Å². The van der Waals surface area contributed by atoms with Crippen LogP contribution in [0.2, 0.25) is 5.02 Å². The number of carbonyl (C=O) groups excluding carboxylic acids is 2. The van der Waals surface area contributed by atoms with Crippen molar-refractivity contribution >= 4 is 29.1 Å². The van der Waals surface area contributed by atoms with Crippen molar-refractivity contribution in [2.45, 2.75) is 12.8 Å². The minimum absolute atomic E-state index is 0.00232. The molecule has 2 N–H and O–H groups in total. The second kappa shape index (κ2) is 7.26. The number of halogens is 2. The minimum Gasteiger partial charge on any atom is -0.375 e. The van der Waals surface area contributed by atoms with Gasteiger partial charge in [-0.1, -0.05) is 11.6 Å². The first kappa shape index (κ1) is 15.6. The third-order valence-corrected chi connectivity index (χ3v) is 3.58. The lowest BCUT2D eigenvalue weighted by atomic mass is 10.3. The summed E-state index contributed by atoms with van der Waals surface area (Å²) in [6, 6.07) is 3.88. The Hall–Kier alpha value is -1.82. The number of hydrogen-bond donors (Lipinski definition) is 2. The molecule has 7 heteroatoms. The Morgan fingerprint density at radius 2 is 1.95 bits per heavy atom. The molecule has 1 aliphatic rings. The summed E-state index contributed by atoms with van der Waals surface area (Å²) < 4.78 is 12.9. The largest absolute Gasteiger partial charge is 0.375 e. The Balaban J connectivity index is 1.73. The van der Waals surface area contributed by atoms with E-state index in [-0.39, 0.29) is 29.9 Å². The van der Waals surface area contributed by atoms with Gasteiger partial charge in [-0.2, -0.15) is 0 Å². The van der Waals surface area contributed by atoms with E-state index in [0.29, 0.717) is 5.69 Å². The molecule has 2 rings (SSSR count). The predicted octanol–water partition coefficient (Wildman–Crippen LogP) is 1.63. The average molecular weight is 314 g/mol. The molecule has 0 aromatic heterocycles. The Kier molecular flexibility index (Phi) is 5.38. The third-order valence-electron chi connectivity index (χ3n) is 3.27. The summed E-state index contributed by atoms with van der Waals surface area (Å²) in [5.41, 5.74) is 0.471. The molecule has 0 radical (unpaired) electrons. The van der Waals surface area contributed by atoms with E-state index in [1.54, 1.807) is 4.90 Å². The topological polar surface area (TPSA) is 61.4 Å². The molecule has 1 fully saturated rings. The van der Waals surface area contributed by atoms with Gasteiger partial charge in [-0.3, -0.25) is 9.59 Å². The monoisotopic (exact) mass is 313 g/mol. The van der Waals surface area contributed by atoms with Gasteiger partial charge in [0.15, 0.2) is 0 Å². The van der Waals surface area contributed by atoms with Gasteiger partial charge in [0.05, 0.1) is 23.8 Å². The number of benzene rings is 1. The highest BCUT2D eigenvalue weighted by Gasteiger charge is 2.18. The van der Waals surface area contributed by atoms with Crippen LogP contribution < -0.4 is 10.6 Å². The third kappa shape index (κ3) is 4.60. The number of rotatable bonds is 5. The Morgan fingerprint density at radius 3 is 2.62 bits per heavy atom. The van der Waals surface area contributed by atoms with Gasteiger partial charge in [0.1, 0.15) is 5.82 Å². The van der Waals surface area contributed by atoms with E-state index in [0.717, 1.165) is 25.9 Å². The average Bonchev–Trinajstić information content (AvgIpc) is 2.98. The van der Waals surface area contributed by atoms with Crippen LogP contribution in [0.15, 0.2) is 18.2 Å². The van der Waals surface area contributed by atoms with Gasteiger partial charge in [0.2, 0.25) is 11.8 Å². The Labute approximate surface area is 127 Å². The maximum atomic E-state index is 12.9. The molecule has 0 aliphatic carbocycles. The first-order valence-electron chi connectivity index (χ1n) is 6.79. The normalized spacial score (nSPS) is 14.1. The van der Waals surface area contributed by atoms with Crippen LogP contribution in [0.5, 0.6) is 0 Å². The van der Waals surface area contributed by atoms with E-state index >= 15 is 0 Å². The number of likely N-dealkylation sites (tertiary alicyclic amines) is 1. The first-order valence-corrected chi connectivity index (χ1v) is 7.17. The van der Waals surface area contributed by atoms with Gasteiger partial charge >= 0.3 is 0 Å². The van der Waals surface area contributed by atoms with E-state index < -0.39 is 5.82 Å². The number of anilines is 1. The molecule has 1 aliphatic heterocycles. The molecule has 1 saturated heterocycles. The van der Waals surface area contributed by atoms with Crippen LogP contribution in [0.4, 0.5) is 10.1 Å². The lowest BCUT2D eigenvalue weighted by Gasteiger charge is -2.15. The molecule has 0 bridgehead atoms. The number of nitrogens with one attached hydrogen (secondary N) is 2. The molecule has 21 heavy (non-hydrogen) atoms. The van der Waals surface area contributed by atoms with Gasteiger partial charge in [0, 0.05) is 13.1 Å². The van der Waals surface area contributed by atoms with Crippen molar-refractivity contribution in [2.24, 2.45) is 0 Å². The molecular weight excluding hydrogens is 297 g/mol. The van der Waals surface area contributed by atoms with E-state index in [4.69, 9.17) is 11.6 Å². The summed E-state index contributed by atoms with van der Waals surface area (Å²) in [6.45, 7) is 1.49. The van der Waals surface area contributed by atoms with Crippen LogP contribution in [0.1, 0.15) is 12.8 Å². The molecule has 0 unspecified atom stereocenters. The number of amides is 2. The Morgan fingerprint density at radius 1 is 1.24 bits per heavy atom. The van der Waals surface area contributed by atoms with Crippen molar-refractivity contribution in [2.75, 3.05) is 31.5 Å². The highest BCUT2D eigenvalue weighted by atomic mass is 35.5. The fraction of sp³-hybridized carbons (Fsp3) is 0.429. The quantitative estimate of drug-likeness (QED) is 0.868. The van der Waals surface area contributed by atoms with E-state index in [1.807, 2.05) is 0 Å². The summed E-state index contributed by atoms with van der Waals surface area (Å²) in [5.74, 6) is -0.824. The number of carbonyl (C=O) groups is 2. The van der Waals surface area contributed by atoms with E-state index in [2.05, 4.69) is 10.6 Å². The van der Waals surface area contributed by atoms with Gasteiger partial charge in [-0.25, -0.2) is 4.39 Å². The SMILES string of the molecule is O=C(CNc1ccc(F)cc1Cl)NCC(=O)N1CCCC1. The molecule has 0 spiro atoms. The van der Waals surface area contributed by atoms with E-state index in [9.17, 15) is 14.0 Å². The van der Waals surface area contributed by atoms with Crippen LogP contribution in [-0.2, 0) is 9.59 Å². The van der Waals surface area contributed by atoms with Gasteiger partial charge in [-0.15, -0.1) is 0 Å². The molecule has 5 nitrogen and oxygen atoms in total. The standard InChI is InChI=1S/C14H17ClFN3O2/c15-11-7-10(16)3-4-12(11)17-8-13(20)18-9-14(21)19-5-1-2-6-19/h3-4,7,17H,1-2,5-6,8-9H2,(H,18,20). The summed E-state index contributed by atoms with van der Waals surface area (Å²) >= 11 is 5.83. The van der Waals surface area contributed by atoms with E-state index in [1.165, 1.54) is 18.2 Å². The maximum absolute atomic E-state index is 12.9. The molecular formula is C14H17ClFN3O2. The zero-order valence-electron chi connectivity index (χ0n) is 11.5. The van der Waals surface area contributed by atoms with Gasteiger partial charge in [-0.05, 0) is 31.0 Å². The Bertz CT molecular complexity index is 533. The zero-order valence-corrected chi connectivity index (χ0v) is 12.3. The predicted molar refractivity (Wildman–Crippen MR) is 78.7 cm³/mol. The second-order valence-corrected chi connectivity index (χ2v) is 5.25. The highest BCUT2D eigenvalue weighted by Crippen LogP contribution is 2.21. The fourth-order valence-corrected chi connectivity index (χ4v) is 2.36.